The van der Waals surface area contributed by atoms with Gasteiger partial charge < -0.3 is 9.84 Å². The fourth-order valence-electron chi connectivity index (χ4n) is 2.42. The molecule has 3 heteroatoms. The molecule has 3 rings (SSSR count). The highest BCUT2D eigenvalue weighted by Gasteiger charge is 2.15. The Bertz CT molecular complexity index is 659. The standard InChI is InChI=1S/C16H14O3/c1-10-2-5-14(16(17)18)15(6-10)11-3-4-12-8-19-9-13(12)7-11/h2-7H,8-9H2,1H3,(H,17,18). The van der Waals surface area contributed by atoms with Crippen molar-refractivity contribution in [3.63, 3.8) is 0 Å². The van der Waals surface area contributed by atoms with Crippen LogP contribution in [0.1, 0.15) is 27.0 Å². The Labute approximate surface area is 111 Å². The molecule has 0 bridgehead atoms. The van der Waals surface area contributed by atoms with Crippen LogP contribution in [0.15, 0.2) is 36.4 Å². The Morgan fingerprint density at radius 1 is 1.11 bits per heavy atom. The fraction of sp³-hybridized carbons (Fsp3) is 0.188. The molecule has 0 saturated heterocycles. The van der Waals surface area contributed by atoms with E-state index in [0.717, 1.165) is 22.3 Å². The lowest BCUT2D eigenvalue weighted by molar-refractivity contribution is 0.0697. The minimum atomic E-state index is -0.897. The topological polar surface area (TPSA) is 46.5 Å². The highest BCUT2D eigenvalue weighted by molar-refractivity contribution is 5.96. The minimum Gasteiger partial charge on any atom is -0.478 e. The monoisotopic (exact) mass is 254 g/mol. The van der Waals surface area contributed by atoms with Crippen LogP contribution in [0.5, 0.6) is 0 Å². The molecule has 1 heterocycles. The average Bonchev–Trinajstić information content (AvgIpc) is 2.85. The van der Waals surface area contributed by atoms with Gasteiger partial charge in [-0.15, -0.1) is 0 Å². The van der Waals surface area contributed by atoms with Crippen molar-refractivity contribution in [3.05, 3.63) is 58.7 Å². The predicted molar refractivity (Wildman–Crippen MR) is 72.1 cm³/mol. The first-order valence-electron chi connectivity index (χ1n) is 6.19. The number of hydrogen-bond acceptors (Lipinski definition) is 2. The maximum Gasteiger partial charge on any atom is 0.336 e. The van der Waals surface area contributed by atoms with Crippen molar-refractivity contribution in [3.8, 4) is 11.1 Å². The molecule has 3 nitrogen and oxygen atoms in total. The summed E-state index contributed by atoms with van der Waals surface area (Å²) in [4.78, 5) is 11.3. The lowest BCUT2D eigenvalue weighted by atomic mass is 9.95. The van der Waals surface area contributed by atoms with Gasteiger partial charge in [-0.25, -0.2) is 4.79 Å². The third-order valence-electron chi connectivity index (χ3n) is 3.44. The zero-order chi connectivity index (χ0) is 13.4. The van der Waals surface area contributed by atoms with Crippen LogP contribution in [0.3, 0.4) is 0 Å². The second kappa shape index (κ2) is 4.52. The fourth-order valence-corrected chi connectivity index (χ4v) is 2.42. The summed E-state index contributed by atoms with van der Waals surface area (Å²) in [5.41, 5.74) is 5.43. The largest absolute Gasteiger partial charge is 0.478 e. The summed E-state index contributed by atoms with van der Waals surface area (Å²) in [5.74, 6) is -0.897. The highest BCUT2D eigenvalue weighted by atomic mass is 16.5. The number of carbonyl (C=O) groups is 1. The summed E-state index contributed by atoms with van der Waals surface area (Å²) < 4.78 is 5.39. The summed E-state index contributed by atoms with van der Waals surface area (Å²) in [7, 11) is 0. The number of carboxylic acid groups (broad SMARTS) is 1. The van der Waals surface area contributed by atoms with Crippen LogP contribution in [0, 0.1) is 6.92 Å². The van der Waals surface area contributed by atoms with Crippen LogP contribution in [0.25, 0.3) is 11.1 Å². The van der Waals surface area contributed by atoms with Gasteiger partial charge in [-0.2, -0.15) is 0 Å². The van der Waals surface area contributed by atoms with E-state index >= 15 is 0 Å². The number of rotatable bonds is 2. The second-order valence-electron chi connectivity index (χ2n) is 4.83. The molecule has 0 amide bonds. The Balaban J connectivity index is 2.16. The van der Waals surface area contributed by atoms with Crippen molar-refractivity contribution in [1.82, 2.24) is 0 Å². The molecule has 1 N–H and O–H groups in total. The summed E-state index contributed by atoms with van der Waals surface area (Å²) in [6, 6.07) is 11.4. The van der Waals surface area contributed by atoms with E-state index < -0.39 is 5.97 Å². The van der Waals surface area contributed by atoms with Gasteiger partial charge in [-0.1, -0.05) is 29.8 Å². The number of aryl methyl sites for hydroxylation is 1. The summed E-state index contributed by atoms with van der Waals surface area (Å²) in [5, 5.41) is 9.29. The molecule has 0 unspecified atom stereocenters. The van der Waals surface area contributed by atoms with Crippen LogP contribution in [0.4, 0.5) is 0 Å². The molecule has 0 saturated carbocycles. The SMILES string of the molecule is Cc1ccc(C(=O)O)c(-c2ccc3c(c2)COC3)c1. The van der Waals surface area contributed by atoms with Crippen molar-refractivity contribution < 1.29 is 14.6 Å². The van der Waals surface area contributed by atoms with Crippen LogP contribution in [0.2, 0.25) is 0 Å². The van der Waals surface area contributed by atoms with E-state index in [1.54, 1.807) is 6.07 Å². The van der Waals surface area contributed by atoms with Crippen LogP contribution < -0.4 is 0 Å². The number of ether oxygens (including phenoxy) is 1. The van der Waals surface area contributed by atoms with Gasteiger partial charge in [0.15, 0.2) is 0 Å². The smallest absolute Gasteiger partial charge is 0.336 e. The molecule has 0 atom stereocenters. The molecule has 2 aromatic carbocycles. The van der Waals surface area contributed by atoms with E-state index in [0.29, 0.717) is 18.8 Å². The molecule has 1 aliphatic heterocycles. The molecule has 0 spiro atoms. The normalized spacial score (nSPS) is 13.3. The molecular weight excluding hydrogens is 240 g/mol. The van der Waals surface area contributed by atoms with Crippen LogP contribution in [-0.2, 0) is 18.0 Å². The molecule has 0 radical (unpaired) electrons. The maximum atomic E-state index is 11.3. The van der Waals surface area contributed by atoms with Crippen molar-refractivity contribution in [2.45, 2.75) is 20.1 Å². The third kappa shape index (κ3) is 2.13. The van der Waals surface area contributed by atoms with Gasteiger partial charge in [0.25, 0.3) is 0 Å². The first-order chi connectivity index (χ1) is 9.15. The Morgan fingerprint density at radius 2 is 1.89 bits per heavy atom. The van der Waals surface area contributed by atoms with Crippen LogP contribution >= 0.6 is 0 Å². The molecule has 0 aliphatic carbocycles. The van der Waals surface area contributed by atoms with Crippen molar-refractivity contribution in [2.75, 3.05) is 0 Å². The van der Waals surface area contributed by atoms with E-state index in [-0.39, 0.29) is 0 Å². The molecule has 0 aromatic heterocycles. The zero-order valence-corrected chi connectivity index (χ0v) is 10.6. The third-order valence-corrected chi connectivity index (χ3v) is 3.44. The van der Waals surface area contributed by atoms with Gasteiger partial charge in [-0.3, -0.25) is 0 Å². The number of benzene rings is 2. The first-order valence-corrected chi connectivity index (χ1v) is 6.19. The van der Waals surface area contributed by atoms with Gasteiger partial charge in [-0.05, 0) is 41.3 Å². The Kier molecular flexibility index (Phi) is 2.84. The summed E-state index contributed by atoms with van der Waals surface area (Å²) in [6.45, 7) is 3.22. The molecule has 2 aromatic rings. The minimum absolute atomic E-state index is 0.337. The molecular formula is C16H14O3. The second-order valence-corrected chi connectivity index (χ2v) is 4.83. The highest BCUT2D eigenvalue weighted by Crippen LogP contribution is 2.29. The van der Waals surface area contributed by atoms with Gasteiger partial charge in [0.2, 0.25) is 0 Å². The molecule has 0 fully saturated rings. The van der Waals surface area contributed by atoms with Crippen LogP contribution in [-0.4, -0.2) is 11.1 Å². The zero-order valence-electron chi connectivity index (χ0n) is 10.6. The van der Waals surface area contributed by atoms with Crippen molar-refractivity contribution in [2.24, 2.45) is 0 Å². The maximum absolute atomic E-state index is 11.3. The molecule has 96 valence electrons. The predicted octanol–water partition coefficient (Wildman–Crippen LogP) is 3.39. The lowest BCUT2D eigenvalue weighted by Crippen LogP contribution is -2.00. The number of carboxylic acids is 1. The van der Waals surface area contributed by atoms with Crippen molar-refractivity contribution >= 4 is 5.97 Å². The van der Waals surface area contributed by atoms with Gasteiger partial charge in [0.05, 0.1) is 18.8 Å². The Morgan fingerprint density at radius 3 is 2.68 bits per heavy atom. The Hall–Kier alpha value is -2.13. The molecule has 19 heavy (non-hydrogen) atoms. The average molecular weight is 254 g/mol. The van der Waals surface area contributed by atoms with E-state index in [1.807, 2.05) is 37.3 Å². The number of hydrogen-bond donors (Lipinski definition) is 1. The van der Waals surface area contributed by atoms with Gasteiger partial charge in [0, 0.05) is 0 Å². The lowest BCUT2D eigenvalue weighted by Gasteiger charge is -2.09. The number of aromatic carboxylic acids is 1. The summed E-state index contributed by atoms with van der Waals surface area (Å²) >= 11 is 0. The van der Waals surface area contributed by atoms with E-state index in [9.17, 15) is 9.90 Å². The summed E-state index contributed by atoms with van der Waals surface area (Å²) in [6.07, 6.45) is 0. The van der Waals surface area contributed by atoms with Crippen molar-refractivity contribution in [1.29, 1.82) is 0 Å². The van der Waals surface area contributed by atoms with Gasteiger partial charge >= 0.3 is 5.97 Å². The molecule has 1 aliphatic rings. The van der Waals surface area contributed by atoms with E-state index in [2.05, 4.69) is 0 Å². The van der Waals surface area contributed by atoms with Gasteiger partial charge in [0.1, 0.15) is 0 Å². The van der Waals surface area contributed by atoms with E-state index in [4.69, 9.17) is 4.74 Å². The first kappa shape index (κ1) is 11.9. The van der Waals surface area contributed by atoms with E-state index in [1.165, 1.54) is 5.56 Å². The number of fused-ring (bicyclic) bond motifs is 1. The quantitative estimate of drug-likeness (QED) is 0.893.